The van der Waals surface area contributed by atoms with E-state index >= 15 is 0 Å². The Labute approximate surface area is 113 Å². The van der Waals surface area contributed by atoms with Crippen molar-refractivity contribution in [3.05, 3.63) is 29.8 Å². The van der Waals surface area contributed by atoms with Gasteiger partial charge in [-0.3, -0.25) is 9.59 Å². The van der Waals surface area contributed by atoms with E-state index in [1.54, 1.807) is 6.07 Å². The number of imide groups is 1. The third-order valence-electron chi connectivity index (χ3n) is 3.01. The molecule has 0 aromatic heterocycles. The van der Waals surface area contributed by atoms with E-state index in [2.05, 4.69) is 5.32 Å². The van der Waals surface area contributed by atoms with Crippen LogP contribution in [0.5, 0.6) is 0 Å². The Kier molecular flexibility index (Phi) is 3.45. The topological polar surface area (TPSA) is 49.4 Å². The van der Waals surface area contributed by atoms with Gasteiger partial charge in [-0.05, 0) is 45.4 Å². The maximum Gasteiger partial charge on any atom is 0.251 e. The van der Waals surface area contributed by atoms with Gasteiger partial charge in [-0.25, -0.2) is 4.90 Å². The molecule has 1 saturated heterocycles. The Morgan fingerprint density at radius 3 is 2.53 bits per heavy atom. The molecule has 0 spiro atoms. The summed E-state index contributed by atoms with van der Waals surface area (Å²) in [5.74, 6) is -0.303. The normalized spacial score (nSPS) is 20.2. The molecule has 1 aliphatic heterocycles. The maximum absolute atomic E-state index is 12.3. The van der Waals surface area contributed by atoms with Crippen LogP contribution in [0.1, 0.15) is 32.8 Å². The highest BCUT2D eigenvalue weighted by atomic mass is 16.2. The molecule has 1 atom stereocenters. The van der Waals surface area contributed by atoms with Crippen molar-refractivity contribution in [3.8, 4) is 0 Å². The smallest absolute Gasteiger partial charge is 0.251 e. The molecule has 4 nitrogen and oxygen atoms in total. The number of nitrogens with zero attached hydrogens (tertiary/aromatic N) is 1. The van der Waals surface area contributed by atoms with Crippen LogP contribution in [0.15, 0.2) is 24.3 Å². The molecule has 0 bridgehead atoms. The van der Waals surface area contributed by atoms with Crippen molar-refractivity contribution in [2.24, 2.45) is 0 Å². The fourth-order valence-corrected chi connectivity index (χ4v) is 2.31. The molecule has 0 radical (unpaired) electrons. The number of anilines is 1. The average molecular weight is 260 g/mol. The highest BCUT2D eigenvalue weighted by molar-refractivity contribution is 6.22. The minimum Gasteiger partial charge on any atom is -0.301 e. The first-order valence-electron chi connectivity index (χ1n) is 6.49. The third-order valence-corrected chi connectivity index (χ3v) is 3.01. The van der Waals surface area contributed by atoms with E-state index in [0.717, 1.165) is 5.56 Å². The van der Waals surface area contributed by atoms with Gasteiger partial charge in [0, 0.05) is 5.54 Å². The number of carbonyl (C=O) groups is 2. The van der Waals surface area contributed by atoms with E-state index in [0.29, 0.717) is 5.69 Å². The Morgan fingerprint density at radius 1 is 1.26 bits per heavy atom. The number of aryl methyl sites for hydroxylation is 1. The van der Waals surface area contributed by atoms with Crippen LogP contribution in [0, 0.1) is 6.92 Å². The molecular weight excluding hydrogens is 240 g/mol. The van der Waals surface area contributed by atoms with Crippen LogP contribution >= 0.6 is 0 Å². The first-order chi connectivity index (χ1) is 8.78. The summed E-state index contributed by atoms with van der Waals surface area (Å²) in [6, 6.07) is 7.03. The first kappa shape index (κ1) is 13.7. The summed E-state index contributed by atoms with van der Waals surface area (Å²) in [5, 5.41) is 3.20. The molecule has 0 unspecified atom stereocenters. The second-order valence-electron chi connectivity index (χ2n) is 6.06. The molecule has 0 saturated carbocycles. The summed E-state index contributed by atoms with van der Waals surface area (Å²) in [4.78, 5) is 25.7. The lowest BCUT2D eigenvalue weighted by molar-refractivity contribution is -0.121. The Morgan fingerprint density at radius 2 is 1.95 bits per heavy atom. The minimum absolute atomic E-state index is 0.141. The van der Waals surface area contributed by atoms with Gasteiger partial charge in [0.2, 0.25) is 5.91 Å². The number of rotatable bonds is 2. The van der Waals surface area contributed by atoms with Gasteiger partial charge in [0.1, 0.15) is 0 Å². The van der Waals surface area contributed by atoms with Gasteiger partial charge in [-0.1, -0.05) is 12.1 Å². The lowest BCUT2D eigenvalue weighted by Gasteiger charge is -2.24. The van der Waals surface area contributed by atoms with Crippen molar-refractivity contribution in [2.75, 3.05) is 4.90 Å². The number of carbonyl (C=O) groups excluding carboxylic acids is 2. The van der Waals surface area contributed by atoms with Crippen molar-refractivity contribution >= 4 is 17.5 Å². The molecule has 2 amide bonds. The van der Waals surface area contributed by atoms with Crippen LogP contribution in [0.25, 0.3) is 0 Å². The third kappa shape index (κ3) is 3.01. The van der Waals surface area contributed by atoms with Gasteiger partial charge in [0.25, 0.3) is 5.91 Å². The molecule has 1 aromatic carbocycles. The number of amides is 2. The predicted molar refractivity (Wildman–Crippen MR) is 75.0 cm³/mol. The van der Waals surface area contributed by atoms with Crippen LogP contribution in [0.3, 0.4) is 0 Å². The number of hydrogen-bond donors (Lipinski definition) is 1. The Bertz CT molecular complexity index is 517. The summed E-state index contributed by atoms with van der Waals surface area (Å²) >= 11 is 0. The molecule has 2 rings (SSSR count). The predicted octanol–water partition coefficient (Wildman–Crippen LogP) is 2.02. The molecule has 102 valence electrons. The van der Waals surface area contributed by atoms with Gasteiger partial charge in [0.15, 0.2) is 0 Å². The molecule has 0 aliphatic carbocycles. The van der Waals surface area contributed by atoms with Crippen molar-refractivity contribution < 1.29 is 9.59 Å². The summed E-state index contributed by atoms with van der Waals surface area (Å²) in [7, 11) is 0. The Balaban J connectivity index is 2.24. The van der Waals surface area contributed by atoms with E-state index in [4.69, 9.17) is 0 Å². The molecular formula is C15H20N2O2. The highest BCUT2D eigenvalue weighted by Crippen LogP contribution is 2.24. The van der Waals surface area contributed by atoms with Crippen molar-refractivity contribution in [2.45, 2.75) is 45.7 Å². The van der Waals surface area contributed by atoms with Gasteiger partial charge in [0.05, 0.1) is 18.2 Å². The van der Waals surface area contributed by atoms with Crippen LogP contribution < -0.4 is 10.2 Å². The highest BCUT2D eigenvalue weighted by Gasteiger charge is 2.40. The monoisotopic (exact) mass is 260 g/mol. The van der Waals surface area contributed by atoms with Gasteiger partial charge in [-0.15, -0.1) is 0 Å². The zero-order chi connectivity index (χ0) is 14.2. The standard InChI is InChI=1S/C15H20N2O2/c1-10-6-5-7-11(8-10)17-13(18)9-12(14(17)19)16-15(2,3)4/h5-8,12,16H,9H2,1-4H3/t12-/m0/s1. The maximum atomic E-state index is 12.3. The van der Waals surface area contributed by atoms with E-state index in [1.807, 2.05) is 45.9 Å². The second-order valence-corrected chi connectivity index (χ2v) is 6.06. The fourth-order valence-electron chi connectivity index (χ4n) is 2.31. The zero-order valence-corrected chi connectivity index (χ0v) is 11.9. The number of hydrogen-bond acceptors (Lipinski definition) is 3. The fraction of sp³-hybridized carbons (Fsp3) is 0.467. The first-order valence-corrected chi connectivity index (χ1v) is 6.49. The SMILES string of the molecule is Cc1cccc(N2C(=O)C[C@H](NC(C)(C)C)C2=O)c1. The van der Waals surface area contributed by atoms with E-state index in [1.165, 1.54) is 4.90 Å². The summed E-state index contributed by atoms with van der Waals surface area (Å²) in [5.41, 5.74) is 1.50. The van der Waals surface area contributed by atoms with E-state index in [9.17, 15) is 9.59 Å². The summed E-state index contributed by atoms with van der Waals surface area (Å²) in [6.07, 6.45) is 0.226. The van der Waals surface area contributed by atoms with Crippen molar-refractivity contribution in [1.29, 1.82) is 0 Å². The lowest BCUT2D eigenvalue weighted by atomic mass is 10.1. The summed E-state index contributed by atoms with van der Waals surface area (Å²) in [6.45, 7) is 7.90. The van der Waals surface area contributed by atoms with Crippen LogP contribution in [0.4, 0.5) is 5.69 Å². The zero-order valence-electron chi connectivity index (χ0n) is 11.9. The molecule has 1 aromatic rings. The molecule has 1 heterocycles. The average Bonchev–Trinajstić information content (AvgIpc) is 2.51. The molecule has 1 N–H and O–H groups in total. The molecule has 1 fully saturated rings. The largest absolute Gasteiger partial charge is 0.301 e. The Hall–Kier alpha value is -1.68. The quantitative estimate of drug-likeness (QED) is 0.828. The molecule has 1 aliphatic rings. The van der Waals surface area contributed by atoms with Crippen LogP contribution in [0.2, 0.25) is 0 Å². The minimum atomic E-state index is -0.423. The van der Waals surface area contributed by atoms with Crippen LogP contribution in [-0.4, -0.2) is 23.4 Å². The second kappa shape index (κ2) is 4.78. The van der Waals surface area contributed by atoms with Crippen molar-refractivity contribution in [1.82, 2.24) is 5.32 Å². The van der Waals surface area contributed by atoms with Gasteiger partial charge < -0.3 is 5.32 Å². The molecule has 4 heteroatoms. The van der Waals surface area contributed by atoms with Crippen LogP contribution in [-0.2, 0) is 9.59 Å². The lowest BCUT2D eigenvalue weighted by Crippen LogP contribution is -2.47. The van der Waals surface area contributed by atoms with Gasteiger partial charge in [-0.2, -0.15) is 0 Å². The van der Waals surface area contributed by atoms with E-state index < -0.39 is 6.04 Å². The van der Waals surface area contributed by atoms with Crippen molar-refractivity contribution in [3.63, 3.8) is 0 Å². The summed E-state index contributed by atoms with van der Waals surface area (Å²) < 4.78 is 0. The molecule has 19 heavy (non-hydrogen) atoms. The number of benzene rings is 1. The van der Waals surface area contributed by atoms with E-state index in [-0.39, 0.29) is 23.8 Å². The van der Waals surface area contributed by atoms with Gasteiger partial charge >= 0.3 is 0 Å². The number of nitrogens with one attached hydrogen (secondary N) is 1.